The van der Waals surface area contributed by atoms with Gasteiger partial charge in [-0.25, -0.2) is 4.39 Å². The number of hydrogen-bond donors (Lipinski definition) is 1. The van der Waals surface area contributed by atoms with Crippen LogP contribution in [-0.4, -0.2) is 12.9 Å². The van der Waals surface area contributed by atoms with Crippen LogP contribution in [0.3, 0.4) is 0 Å². The van der Waals surface area contributed by atoms with Gasteiger partial charge in [-0.3, -0.25) is 4.79 Å². The van der Waals surface area contributed by atoms with Gasteiger partial charge in [0.05, 0.1) is 17.8 Å². The van der Waals surface area contributed by atoms with Crippen molar-refractivity contribution in [2.24, 2.45) is 0 Å². The average Bonchev–Trinajstić information content (AvgIpc) is 2.80. The van der Waals surface area contributed by atoms with E-state index in [1.807, 2.05) is 30.3 Å². The third-order valence-electron chi connectivity index (χ3n) is 4.79. The largest absolute Gasteiger partial charge is 0.497 e. The van der Waals surface area contributed by atoms with E-state index in [0.717, 1.165) is 29.7 Å². The fourth-order valence-corrected chi connectivity index (χ4v) is 3.59. The van der Waals surface area contributed by atoms with Crippen LogP contribution in [0.2, 0.25) is 5.02 Å². The topological polar surface area (TPSA) is 38.3 Å². The minimum absolute atomic E-state index is 0.00256. The lowest BCUT2D eigenvalue weighted by atomic mass is 9.98. The molecular formula is C22H17ClFNO2. The van der Waals surface area contributed by atoms with Crippen LogP contribution in [0.5, 0.6) is 5.75 Å². The first-order valence-corrected chi connectivity index (χ1v) is 8.99. The van der Waals surface area contributed by atoms with Gasteiger partial charge in [-0.2, -0.15) is 0 Å². The van der Waals surface area contributed by atoms with Crippen molar-refractivity contribution in [1.82, 2.24) is 0 Å². The molecule has 3 aromatic carbocycles. The molecule has 0 bridgehead atoms. The van der Waals surface area contributed by atoms with Crippen LogP contribution >= 0.6 is 11.6 Å². The van der Waals surface area contributed by atoms with Gasteiger partial charge in [0.15, 0.2) is 5.78 Å². The normalized spacial score (nSPS) is 12.8. The molecule has 0 saturated carbocycles. The maximum atomic E-state index is 13.2. The number of nitrogens with one attached hydrogen (secondary N) is 1. The molecule has 3 nitrogen and oxygen atoms in total. The number of hydrogen-bond acceptors (Lipinski definition) is 3. The van der Waals surface area contributed by atoms with Crippen molar-refractivity contribution in [3.63, 3.8) is 0 Å². The van der Waals surface area contributed by atoms with Crippen LogP contribution in [0.1, 0.15) is 27.0 Å². The number of carbonyl (C=O) groups is 1. The Morgan fingerprint density at radius 3 is 2.56 bits per heavy atom. The molecule has 136 valence electrons. The summed E-state index contributed by atoms with van der Waals surface area (Å²) in [6.07, 6.45) is 1.53. The molecular weight excluding hydrogens is 365 g/mol. The molecule has 5 heteroatoms. The Kier molecular flexibility index (Phi) is 4.58. The van der Waals surface area contributed by atoms with Crippen LogP contribution in [0.25, 0.3) is 0 Å². The van der Waals surface area contributed by atoms with E-state index in [1.54, 1.807) is 19.2 Å². The van der Waals surface area contributed by atoms with Crippen molar-refractivity contribution in [2.75, 3.05) is 12.4 Å². The molecule has 1 N–H and O–H groups in total. The third kappa shape index (κ3) is 3.40. The highest BCUT2D eigenvalue weighted by atomic mass is 35.5. The van der Waals surface area contributed by atoms with E-state index in [9.17, 15) is 9.18 Å². The SMILES string of the molecule is COc1ccc2c(c1)C(=O)c1ccc(Nc3ccc(F)cc3Cl)cc1CC2. The number of anilines is 2. The lowest BCUT2D eigenvalue weighted by Crippen LogP contribution is -2.05. The van der Waals surface area contributed by atoms with E-state index < -0.39 is 0 Å². The molecule has 27 heavy (non-hydrogen) atoms. The van der Waals surface area contributed by atoms with Gasteiger partial charge in [0.2, 0.25) is 0 Å². The van der Waals surface area contributed by atoms with Gasteiger partial charge in [-0.15, -0.1) is 0 Å². The molecule has 0 aromatic heterocycles. The Hall–Kier alpha value is -2.85. The molecule has 0 atom stereocenters. The number of benzene rings is 3. The third-order valence-corrected chi connectivity index (χ3v) is 5.10. The molecule has 0 saturated heterocycles. The lowest BCUT2D eigenvalue weighted by molar-refractivity contribution is 0.103. The molecule has 0 radical (unpaired) electrons. The first-order valence-electron chi connectivity index (χ1n) is 8.62. The summed E-state index contributed by atoms with van der Waals surface area (Å²) >= 11 is 6.09. The molecule has 0 unspecified atom stereocenters. The summed E-state index contributed by atoms with van der Waals surface area (Å²) in [5.41, 5.74) is 4.80. The monoisotopic (exact) mass is 381 g/mol. The van der Waals surface area contributed by atoms with Crippen LogP contribution in [0, 0.1) is 5.82 Å². The summed E-state index contributed by atoms with van der Waals surface area (Å²) in [6, 6.07) is 15.5. The summed E-state index contributed by atoms with van der Waals surface area (Å²) < 4.78 is 18.5. The Morgan fingerprint density at radius 2 is 1.78 bits per heavy atom. The molecule has 1 aliphatic carbocycles. The zero-order chi connectivity index (χ0) is 19.0. The van der Waals surface area contributed by atoms with E-state index in [2.05, 4.69) is 5.32 Å². The smallest absolute Gasteiger partial charge is 0.193 e. The highest BCUT2D eigenvalue weighted by molar-refractivity contribution is 6.33. The number of aryl methyl sites for hydroxylation is 2. The Bertz CT molecular complexity index is 1050. The van der Waals surface area contributed by atoms with E-state index in [1.165, 1.54) is 12.1 Å². The highest BCUT2D eigenvalue weighted by Crippen LogP contribution is 2.31. The number of ether oxygens (including phenoxy) is 1. The second-order valence-electron chi connectivity index (χ2n) is 6.47. The number of methoxy groups -OCH3 is 1. The molecule has 0 aliphatic heterocycles. The summed E-state index contributed by atoms with van der Waals surface area (Å²) in [5, 5.41) is 3.50. The average molecular weight is 382 g/mol. The van der Waals surface area contributed by atoms with Crippen LogP contribution in [-0.2, 0) is 12.8 Å². The lowest BCUT2D eigenvalue weighted by Gasteiger charge is -2.12. The molecule has 4 rings (SSSR count). The number of fused-ring (bicyclic) bond motifs is 2. The summed E-state index contributed by atoms with van der Waals surface area (Å²) in [7, 11) is 1.59. The van der Waals surface area contributed by atoms with Gasteiger partial charge in [-0.05, 0) is 72.5 Å². The van der Waals surface area contributed by atoms with E-state index in [0.29, 0.717) is 27.6 Å². The van der Waals surface area contributed by atoms with Gasteiger partial charge >= 0.3 is 0 Å². The number of rotatable bonds is 3. The molecule has 0 spiro atoms. The van der Waals surface area contributed by atoms with E-state index >= 15 is 0 Å². The first-order chi connectivity index (χ1) is 13.0. The summed E-state index contributed by atoms with van der Waals surface area (Å²) in [6.45, 7) is 0. The van der Waals surface area contributed by atoms with Crippen LogP contribution in [0.15, 0.2) is 54.6 Å². The Balaban J connectivity index is 1.68. The van der Waals surface area contributed by atoms with Gasteiger partial charge in [0.1, 0.15) is 11.6 Å². The van der Waals surface area contributed by atoms with E-state index in [-0.39, 0.29) is 11.6 Å². The van der Waals surface area contributed by atoms with Crippen molar-refractivity contribution >= 4 is 28.8 Å². The van der Waals surface area contributed by atoms with Crippen molar-refractivity contribution in [3.8, 4) is 5.75 Å². The van der Waals surface area contributed by atoms with Gasteiger partial charge in [-0.1, -0.05) is 17.7 Å². The second kappa shape index (κ2) is 7.05. The second-order valence-corrected chi connectivity index (χ2v) is 6.88. The fraction of sp³-hybridized carbons (Fsp3) is 0.136. The molecule has 0 amide bonds. The fourth-order valence-electron chi connectivity index (χ4n) is 3.37. The minimum Gasteiger partial charge on any atom is -0.497 e. The van der Waals surface area contributed by atoms with Crippen LogP contribution in [0.4, 0.5) is 15.8 Å². The molecule has 0 fully saturated rings. The quantitative estimate of drug-likeness (QED) is 0.645. The number of halogens is 2. The number of ketones is 1. The van der Waals surface area contributed by atoms with E-state index in [4.69, 9.17) is 16.3 Å². The highest BCUT2D eigenvalue weighted by Gasteiger charge is 2.22. The molecule has 1 aliphatic rings. The Labute approximate surface area is 161 Å². The van der Waals surface area contributed by atoms with Crippen molar-refractivity contribution < 1.29 is 13.9 Å². The standard InChI is InChI=1S/C22H17ClFNO2/c1-27-17-7-4-13-2-3-14-10-16(6-8-18(14)22(26)19(13)12-17)25-21-9-5-15(24)11-20(21)23/h4-12,25H,2-3H2,1H3. The predicted molar refractivity (Wildman–Crippen MR) is 105 cm³/mol. The molecule has 3 aromatic rings. The first kappa shape index (κ1) is 17.6. The van der Waals surface area contributed by atoms with Crippen molar-refractivity contribution in [3.05, 3.63) is 87.7 Å². The van der Waals surface area contributed by atoms with Crippen molar-refractivity contribution in [1.29, 1.82) is 0 Å². The zero-order valence-electron chi connectivity index (χ0n) is 14.7. The zero-order valence-corrected chi connectivity index (χ0v) is 15.4. The van der Waals surface area contributed by atoms with Gasteiger partial charge in [0.25, 0.3) is 0 Å². The summed E-state index contributed by atoms with van der Waals surface area (Å²) in [4.78, 5) is 13.0. The van der Waals surface area contributed by atoms with Crippen LogP contribution < -0.4 is 10.1 Å². The summed E-state index contributed by atoms with van der Waals surface area (Å²) in [5.74, 6) is 0.295. The number of carbonyl (C=O) groups excluding carboxylic acids is 1. The van der Waals surface area contributed by atoms with Gasteiger partial charge < -0.3 is 10.1 Å². The predicted octanol–water partition coefficient (Wildman–Crippen LogP) is 5.56. The minimum atomic E-state index is -0.383. The Morgan fingerprint density at radius 1 is 0.963 bits per heavy atom. The molecule has 0 heterocycles. The maximum absolute atomic E-state index is 13.2. The maximum Gasteiger partial charge on any atom is 0.193 e. The van der Waals surface area contributed by atoms with Gasteiger partial charge in [0, 0.05) is 16.8 Å². The van der Waals surface area contributed by atoms with Crippen molar-refractivity contribution in [2.45, 2.75) is 12.8 Å².